The second kappa shape index (κ2) is 8.44. The molecule has 120 valence electrons. The molecule has 1 rings (SSSR count). The molecule has 0 radical (unpaired) electrons. The first kappa shape index (κ1) is 18.0. The highest BCUT2D eigenvalue weighted by atomic mass is 32.2. The van der Waals surface area contributed by atoms with Crippen LogP contribution in [0.15, 0.2) is 0 Å². The summed E-state index contributed by atoms with van der Waals surface area (Å²) in [5.41, 5.74) is 2.70. The van der Waals surface area contributed by atoms with E-state index in [0.717, 1.165) is 42.5 Å². The van der Waals surface area contributed by atoms with E-state index in [1.54, 1.807) is 16.4 Å². The van der Waals surface area contributed by atoms with E-state index in [4.69, 9.17) is 0 Å². The van der Waals surface area contributed by atoms with E-state index in [1.807, 2.05) is 27.8 Å². The lowest BCUT2D eigenvalue weighted by molar-refractivity contribution is -0.115. The van der Waals surface area contributed by atoms with E-state index in [9.17, 15) is 4.79 Å². The Morgan fingerprint density at radius 2 is 2.00 bits per heavy atom. The second-order valence-electron chi connectivity index (χ2n) is 5.20. The number of aromatic nitrogens is 2. The molecule has 1 aromatic rings. The zero-order chi connectivity index (χ0) is 16.0. The summed E-state index contributed by atoms with van der Waals surface area (Å²) in [6, 6.07) is 0. The van der Waals surface area contributed by atoms with Gasteiger partial charge in [-0.3, -0.25) is 9.48 Å². The van der Waals surface area contributed by atoms with Gasteiger partial charge in [0.15, 0.2) is 0 Å². The third kappa shape index (κ3) is 5.04. The molecule has 5 nitrogen and oxygen atoms in total. The molecule has 0 aliphatic rings. The first-order chi connectivity index (χ1) is 9.90. The zero-order valence-corrected chi connectivity index (χ0v) is 14.9. The minimum absolute atomic E-state index is 0.0544. The minimum atomic E-state index is -0.0560. The van der Waals surface area contributed by atoms with Crippen LogP contribution in [0.4, 0.5) is 5.69 Å². The first-order valence-corrected chi connectivity index (χ1v) is 8.60. The number of anilines is 1. The van der Waals surface area contributed by atoms with E-state index < -0.39 is 0 Å². The van der Waals surface area contributed by atoms with E-state index in [-0.39, 0.29) is 11.2 Å². The first-order valence-electron chi connectivity index (χ1n) is 7.55. The van der Waals surface area contributed by atoms with Crippen LogP contribution in [0.2, 0.25) is 0 Å². The predicted molar refractivity (Wildman–Crippen MR) is 91.0 cm³/mol. The molecule has 0 saturated carbocycles. The van der Waals surface area contributed by atoms with Gasteiger partial charge in [-0.2, -0.15) is 5.10 Å². The lowest BCUT2D eigenvalue weighted by atomic mass is 10.3. The fraction of sp³-hybridized carbons (Fsp3) is 0.733. The number of carbonyl (C=O) groups excluding carboxylic acids is 1. The molecule has 0 saturated heterocycles. The largest absolute Gasteiger partial charge is 0.322 e. The predicted octanol–water partition coefficient (Wildman–Crippen LogP) is 2.44. The van der Waals surface area contributed by atoms with Crippen LogP contribution in [0.25, 0.3) is 0 Å². The Morgan fingerprint density at radius 3 is 2.48 bits per heavy atom. The smallest absolute Gasteiger partial charge is 0.237 e. The van der Waals surface area contributed by atoms with Crippen molar-refractivity contribution in [2.75, 3.05) is 30.7 Å². The number of carbonyl (C=O) groups is 1. The molecule has 1 amide bonds. The lowest BCUT2D eigenvalue weighted by Crippen LogP contribution is -2.28. The molecule has 1 aromatic heterocycles. The Hall–Kier alpha value is -1.01. The van der Waals surface area contributed by atoms with Gasteiger partial charge in [0.1, 0.15) is 0 Å². The standard InChI is InChI=1S/C15H28N4OS/c1-7-19(8-2)9-10-21-13(5)15(20)16-14-11(3)17-18(6)12(14)4/h13H,7-10H2,1-6H3,(H,16,20)/t13-/m0/s1. The normalized spacial score (nSPS) is 12.7. The average Bonchev–Trinajstić information content (AvgIpc) is 2.69. The fourth-order valence-electron chi connectivity index (χ4n) is 2.15. The summed E-state index contributed by atoms with van der Waals surface area (Å²) in [5, 5.41) is 7.27. The Kier molecular flexibility index (Phi) is 7.25. The van der Waals surface area contributed by atoms with Crippen molar-refractivity contribution in [3.8, 4) is 0 Å². The molecule has 1 heterocycles. The van der Waals surface area contributed by atoms with Gasteiger partial charge < -0.3 is 10.2 Å². The van der Waals surface area contributed by atoms with Crippen molar-refractivity contribution in [3.05, 3.63) is 11.4 Å². The van der Waals surface area contributed by atoms with Crippen LogP contribution < -0.4 is 5.32 Å². The number of hydrogen-bond donors (Lipinski definition) is 1. The topological polar surface area (TPSA) is 50.2 Å². The summed E-state index contributed by atoms with van der Waals surface area (Å²) >= 11 is 1.70. The molecule has 1 N–H and O–H groups in total. The number of hydrogen-bond acceptors (Lipinski definition) is 4. The molecule has 0 fully saturated rings. The van der Waals surface area contributed by atoms with Gasteiger partial charge in [0.25, 0.3) is 0 Å². The van der Waals surface area contributed by atoms with Crippen LogP contribution in [0, 0.1) is 13.8 Å². The van der Waals surface area contributed by atoms with Crippen molar-refractivity contribution in [2.45, 2.75) is 39.9 Å². The van der Waals surface area contributed by atoms with Crippen molar-refractivity contribution in [1.82, 2.24) is 14.7 Å². The SMILES string of the molecule is CCN(CC)CCS[C@@H](C)C(=O)Nc1c(C)nn(C)c1C. The van der Waals surface area contributed by atoms with E-state index in [2.05, 4.69) is 29.2 Å². The van der Waals surface area contributed by atoms with Gasteiger partial charge in [0, 0.05) is 19.3 Å². The fourth-order valence-corrected chi connectivity index (χ4v) is 3.08. The highest BCUT2D eigenvalue weighted by Crippen LogP contribution is 2.20. The number of rotatable bonds is 8. The van der Waals surface area contributed by atoms with Crippen LogP contribution in [0.5, 0.6) is 0 Å². The third-order valence-corrected chi connectivity index (χ3v) is 4.93. The van der Waals surface area contributed by atoms with Gasteiger partial charge in [0.05, 0.1) is 22.3 Å². The van der Waals surface area contributed by atoms with Gasteiger partial charge in [-0.1, -0.05) is 13.8 Å². The number of amides is 1. The highest BCUT2D eigenvalue weighted by Gasteiger charge is 2.17. The summed E-state index contributed by atoms with van der Waals surface area (Å²) in [6.07, 6.45) is 0. The Morgan fingerprint density at radius 1 is 1.38 bits per heavy atom. The van der Waals surface area contributed by atoms with Gasteiger partial charge in [-0.05, 0) is 33.9 Å². The van der Waals surface area contributed by atoms with Crippen molar-refractivity contribution in [2.24, 2.45) is 7.05 Å². The van der Waals surface area contributed by atoms with Crippen LogP contribution in [-0.2, 0) is 11.8 Å². The number of nitrogens with zero attached hydrogens (tertiary/aromatic N) is 3. The zero-order valence-electron chi connectivity index (χ0n) is 14.1. The van der Waals surface area contributed by atoms with Crippen molar-refractivity contribution in [1.29, 1.82) is 0 Å². The molecular formula is C15H28N4OS. The average molecular weight is 312 g/mol. The molecule has 1 atom stereocenters. The number of thioether (sulfide) groups is 1. The lowest BCUT2D eigenvalue weighted by Gasteiger charge is -2.19. The second-order valence-corrected chi connectivity index (χ2v) is 6.65. The van der Waals surface area contributed by atoms with Gasteiger partial charge in [-0.25, -0.2) is 0 Å². The highest BCUT2D eigenvalue weighted by molar-refractivity contribution is 8.00. The molecule has 0 unspecified atom stereocenters. The van der Waals surface area contributed by atoms with Crippen molar-refractivity contribution >= 4 is 23.4 Å². The van der Waals surface area contributed by atoms with Gasteiger partial charge in [0.2, 0.25) is 5.91 Å². The third-order valence-electron chi connectivity index (χ3n) is 3.80. The summed E-state index contributed by atoms with van der Waals surface area (Å²) in [4.78, 5) is 14.6. The number of nitrogens with one attached hydrogen (secondary N) is 1. The molecule has 0 aliphatic heterocycles. The van der Waals surface area contributed by atoms with Crippen LogP contribution in [0.3, 0.4) is 0 Å². The summed E-state index contributed by atoms with van der Waals surface area (Å²) < 4.78 is 1.79. The van der Waals surface area contributed by atoms with E-state index >= 15 is 0 Å². The molecular weight excluding hydrogens is 284 g/mol. The molecule has 0 aromatic carbocycles. The van der Waals surface area contributed by atoms with Crippen LogP contribution in [0.1, 0.15) is 32.2 Å². The summed E-state index contributed by atoms with van der Waals surface area (Å²) in [6.45, 7) is 13.3. The Labute approximate surface area is 132 Å². The summed E-state index contributed by atoms with van der Waals surface area (Å²) in [7, 11) is 1.89. The quantitative estimate of drug-likeness (QED) is 0.801. The van der Waals surface area contributed by atoms with Crippen LogP contribution >= 0.6 is 11.8 Å². The maximum absolute atomic E-state index is 12.3. The van der Waals surface area contributed by atoms with E-state index in [1.165, 1.54) is 0 Å². The van der Waals surface area contributed by atoms with Gasteiger partial charge in [-0.15, -0.1) is 11.8 Å². The van der Waals surface area contributed by atoms with Crippen molar-refractivity contribution in [3.63, 3.8) is 0 Å². The number of aryl methyl sites for hydroxylation is 2. The molecule has 0 bridgehead atoms. The van der Waals surface area contributed by atoms with Crippen molar-refractivity contribution < 1.29 is 4.79 Å². The minimum Gasteiger partial charge on any atom is -0.322 e. The molecule has 0 spiro atoms. The monoisotopic (exact) mass is 312 g/mol. The molecule has 21 heavy (non-hydrogen) atoms. The Bertz CT molecular complexity index is 468. The molecule has 6 heteroatoms. The van der Waals surface area contributed by atoms with E-state index in [0.29, 0.717) is 0 Å². The van der Waals surface area contributed by atoms with Crippen LogP contribution in [-0.4, -0.2) is 51.2 Å². The summed E-state index contributed by atoms with van der Waals surface area (Å²) in [5.74, 6) is 1.03. The maximum atomic E-state index is 12.3. The molecule has 0 aliphatic carbocycles. The maximum Gasteiger partial charge on any atom is 0.237 e. The Balaban J connectivity index is 2.48. The van der Waals surface area contributed by atoms with Gasteiger partial charge >= 0.3 is 0 Å².